The van der Waals surface area contributed by atoms with Crippen LogP contribution in [0.5, 0.6) is 5.75 Å². The zero-order valence-corrected chi connectivity index (χ0v) is 18.9. The summed E-state index contributed by atoms with van der Waals surface area (Å²) in [4.78, 5) is 16.6. The lowest BCUT2D eigenvalue weighted by atomic mass is 10.00. The van der Waals surface area contributed by atoms with Crippen molar-refractivity contribution in [2.45, 2.75) is 31.9 Å². The van der Waals surface area contributed by atoms with E-state index in [1.54, 1.807) is 26.0 Å². The van der Waals surface area contributed by atoms with Gasteiger partial charge in [0.15, 0.2) is 11.2 Å². The van der Waals surface area contributed by atoms with Crippen LogP contribution in [-0.2, 0) is 10.0 Å². The Kier molecular flexibility index (Phi) is 5.77. The maximum absolute atomic E-state index is 13.6. The molecule has 4 rings (SSSR count). The first-order chi connectivity index (χ1) is 15.6. The van der Waals surface area contributed by atoms with Gasteiger partial charge in [0.25, 0.3) is 10.0 Å². The van der Waals surface area contributed by atoms with Crippen molar-refractivity contribution in [3.8, 4) is 17.1 Å². The first kappa shape index (κ1) is 22.6. The highest BCUT2D eigenvalue weighted by Crippen LogP contribution is 2.33. The highest BCUT2D eigenvalue weighted by molar-refractivity contribution is 7.89. The van der Waals surface area contributed by atoms with Gasteiger partial charge in [-0.05, 0) is 50.6 Å². The molecule has 0 fully saturated rings. The summed E-state index contributed by atoms with van der Waals surface area (Å²) < 4.78 is 49.4. The van der Waals surface area contributed by atoms with Crippen molar-refractivity contribution in [2.24, 2.45) is 5.14 Å². The second-order valence-corrected chi connectivity index (χ2v) is 9.20. The van der Waals surface area contributed by atoms with Crippen LogP contribution < -0.4 is 15.3 Å². The summed E-state index contributed by atoms with van der Waals surface area (Å²) >= 11 is 0. The second kappa shape index (κ2) is 8.42. The van der Waals surface area contributed by atoms with Crippen molar-refractivity contribution in [3.05, 3.63) is 87.5 Å². The number of aryl methyl sites for hydroxylation is 1. The van der Waals surface area contributed by atoms with Crippen LogP contribution in [-0.4, -0.2) is 13.4 Å². The van der Waals surface area contributed by atoms with Crippen molar-refractivity contribution in [1.82, 2.24) is 4.98 Å². The second-order valence-electron chi connectivity index (χ2n) is 7.72. The number of aromatic nitrogens is 1. The number of rotatable bonds is 5. The smallest absolute Gasteiger partial charge is 0.259 e. The number of nitrogens with two attached hydrogens (primary N) is 1. The molecule has 0 amide bonds. The molecule has 9 heteroatoms. The molecule has 170 valence electrons. The van der Waals surface area contributed by atoms with Gasteiger partial charge in [-0.3, -0.25) is 4.79 Å². The van der Waals surface area contributed by atoms with Gasteiger partial charge in [-0.1, -0.05) is 30.3 Å². The third kappa shape index (κ3) is 4.37. The predicted octanol–water partition coefficient (Wildman–Crippen LogP) is 4.40. The summed E-state index contributed by atoms with van der Waals surface area (Å²) in [7, 11) is -4.34. The Morgan fingerprint density at radius 2 is 1.79 bits per heavy atom. The van der Waals surface area contributed by atoms with Crippen LogP contribution in [0.3, 0.4) is 0 Å². The van der Waals surface area contributed by atoms with E-state index >= 15 is 0 Å². The first-order valence-corrected chi connectivity index (χ1v) is 11.6. The van der Waals surface area contributed by atoms with Crippen LogP contribution in [0.25, 0.3) is 22.3 Å². The molecule has 0 bridgehead atoms. The van der Waals surface area contributed by atoms with Gasteiger partial charge in [-0.15, -0.1) is 0 Å². The standard InChI is InChI=1S/C24H21FN2O5S/c1-13-11-17(15(3)31-19-9-10-20(25)27-24(19)33(26,29)30)23-18(12-13)21(28)14(2)22(32-23)16-7-5-4-6-8-16/h4-12,15H,1-3H3,(H2,26,29,30)/t15-/m1/s1. The molecule has 0 aliphatic heterocycles. The Hall–Kier alpha value is -3.56. The fraction of sp³-hybridized carbons (Fsp3) is 0.167. The van der Waals surface area contributed by atoms with Crippen molar-refractivity contribution >= 4 is 21.0 Å². The average Bonchev–Trinajstić information content (AvgIpc) is 2.77. The van der Waals surface area contributed by atoms with E-state index in [1.165, 1.54) is 0 Å². The molecule has 2 aromatic carbocycles. The number of pyridine rings is 1. The summed E-state index contributed by atoms with van der Waals surface area (Å²) in [5.74, 6) is -0.785. The summed E-state index contributed by atoms with van der Waals surface area (Å²) in [5.41, 5.74) is 2.65. The molecule has 2 aromatic heterocycles. The molecule has 2 N–H and O–H groups in total. The topological polar surface area (TPSA) is 112 Å². The van der Waals surface area contributed by atoms with Gasteiger partial charge in [0.05, 0.1) is 5.39 Å². The lowest BCUT2D eigenvalue weighted by Gasteiger charge is -2.19. The van der Waals surface area contributed by atoms with Gasteiger partial charge < -0.3 is 9.15 Å². The highest BCUT2D eigenvalue weighted by atomic mass is 32.2. The number of ether oxygens (including phenoxy) is 1. The van der Waals surface area contributed by atoms with Crippen LogP contribution in [0.2, 0.25) is 0 Å². The molecule has 0 radical (unpaired) electrons. The molecule has 0 saturated heterocycles. The van der Waals surface area contributed by atoms with E-state index in [0.717, 1.165) is 23.3 Å². The van der Waals surface area contributed by atoms with E-state index in [4.69, 9.17) is 14.3 Å². The van der Waals surface area contributed by atoms with Crippen molar-refractivity contribution < 1.29 is 22.0 Å². The molecule has 0 aliphatic rings. The van der Waals surface area contributed by atoms with Gasteiger partial charge in [-0.2, -0.15) is 4.39 Å². The summed E-state index contributed by atoms with van der Waals surface area (Å²) in [5, 5.41) is 4.84. The number of benzene rings is 2. The number of nitrogens with zero attached hydrogens (tertiary/aromatic N) is 1. The molecule has 0 spiro atoms. The van der Waals surface area contributed by atoms with E-state index < -0.39 is 27.1 Å². The number of primary sulfonamides is 1. The number of halogens is 1. The Labute approximate surface area is 189 Å². The van der Waals surface area contributed by atoms with Crippen molar-refractivity contribution in [3.63, 3.8) is 0 Å². The molecule has 0 unspecified atom stereocenters. The fourth-order valence-electron chi connectivity index (χ4n) is 3.69. The van der Waals surface area contributed by atoms with Crippen LogP contribution in [0, 0.1) is 19.8 Å². The minimum Gasteiger partial charge on any atom is -0.483 e. The summed E-state index contributed by atoms with van der Waals surface area (Å²) in [6.07, 6.45) is -0.783. The predicted molar refractivity (Wildman–Crippen MR) is 122 cm³/mol. The van der Waals surface area contributed by atoms with E-state index in [9.17, 15) is 17.6 Å². The molecule has 33 heavy (non-hydrogen) atoms. The van der Waals surface area contributed by atoms with E-state index in [-0.39, 0.29) is 11.2 Å². The van der Waals surface area contributed by atoms with E-state index in [1.807, 2.05) is 37.3 Å². The van der Waals surface area contributed by atoms with Crippen LogP contribution in [0.1, 0.15) is 29.7 Å². The minimum absolute atomic E-state index is 0.180. The number of sulfonamides is 1. The Bertz CT molecular complexity index is 1530. The fourth-order valence-corrected chi connectivity index (χ4v) is 4.30. The maximum atomic E-state index is 13.6. The lowest BCUT2D eigenvalue weighted by Crippen LogP contribution is -2.17. The third-order valence-electron chi connectivity index (χ3n) is 5.23. The molecule has 2 heterocycles. The Morgan fingerprint density at radius 1 is 1.09 bits per heavy atom. The summed E-state index contributed by atoms with van der Waals surface area (Å²) in [6.45, 7) is 5.19. The molecular weight excluding hydrogens is 447 g/mol. The first-order valence-electron chi connectivity index (χ1n) is 10.1. The van der Waals surface area contributed by atoms with Gasteiger partial charge in [-0.25, -0.2) is 18.5 Å². The zero-order chi connectivity index (χ0) is 23.9. The number of hydrogen-bond donors (Lipinski definition) is 1. The van der Waals surface area contributed by atoms with E-state index in [2.05, 4.69) is 4.98 Å². The van der Waals surface area contributed by atoms with E-state index in [0.29, 0.717) is 27.9 Å². The lowest BCUT2D eigenvalue weighted by molar-refractivity contribution is 0.218. The van der Waals surface area contributed by atoms with Crippen LogP contribution in [0.4, 0.5) is 4.39 Å². The molecule has 7 nitrogen and oxygen atoms in total. The quantitative estimate of drug-likeness (QED) is 0.435. The largest absolute Gasteiger partial charge is 0.483 e. The van der Waals surface area contributed by atoms with Gasteiger partial charge in [0.1, 0.15) is 17.4 Å². The third-order valence-corrected chi connectivity index (χ3v) is 6.06. The van der Waals surface area contributed by atoms with Crippen molar-refractivity contribution in [1.29, 1.82) is 0 Å². The number of hydrogen-bond acceptors (Lipinski definition) is 6. The van der Waals surface area contributed by atoms with Crippen LogP contribution in [0.15, 0.2) is 68.8 Å². The average molecular weight is 469 g/mol. The molecule has 0 saturated carbocycles. The monoisotopic (exact) mass is 468 g/mol. The maximum Gasteiger partial charge on any atom is 0.259 e. The molecule has 1 atom stereocenters. The molecular formula is C24H21FN2O5S. The van der Waals surface area contributed by atoms with Crippen molar-refractivity contribution in [2.75, 3.05) is 0 Å². The SMILES string of the molecule is Cc1cc([C@@H](C)Oc2ccc(F)nc2S(N)(=O)=O)c2oc(-c3ccccc3)c(C)c(=O)c2c1. The zero-order valence-electron chi connectivity index (χ0n) is 18.1. The normalized spacial score (nSPS) is 12.6. The van der Waals surface area contributed by atoms with Gasteiger partial charge >= 0.3 is 0 Å². The molecule has 0 aliphatic carbocycles. The number of fused-ring (bicyclic) bond motifs is 1. The van der Waals surface area contributed by atoms with Crippen LogP contribution >= 0.6 is 0 Å². The van der Waals surface area contributed by atoms with Gasteiger partial charge in [0, 0.05) is 16.7 Å². The van der Waals surface area contributed by atoms with Gasteiger partial charge in [0.2, 0.25) is 11.0 Å². The molecule has 4 aromatic rings. The summed E-state index contributed by atoms with van der Waals surface area (Å²) in [6, 6.07) is 14.9. The minimum atomic E-state index is -4.34. The highest BCUT2D eigenvalue weighted by Gasteiger charge is 2.24. The Balaban J connectivity index is 1.90. The Morgan fingerprint density at radius 3 is 2.45 bits per heavy atom.